The average molecular weight is 220 g/mol. The number of hydrogen-bond donors (Lipinski definition) is 2. The molecule has 2 atom stereocenters. The molecule has 0 bridgehead atoms. The van der Waals surface area contributed by atoms with E-state index < -0.39 is 12.2 Å². The van der Waals surface area contributed by atoms with Crippen molar-refractivity contribution in [2.75, 3.05) is 13.2 Å². The van der Waals surface area contributed by atoms with Gasteiger partial charge in [-0.05, 0) is 34.6 Å². The van der Waals surface area contributed by atoms with Crippen molar-refractivity contribution in [2.45, 2.75) is 58.5 Å². The topological polar surface area (TPSA) is 58.9 Å². The molecule has 0 heterocycles. The summed E-state index contributed by atoms with van der Waals surface area (Å²) in [5, 5.41) is 19.0. The maximum Gasteiger partial charge on any atom is 0.105 e. The summed E-state index contributed by atoms with van der Waals surface area (Å²) in [5.74, 6) is 0. The predicted octanol–water partition coefficient (Wildman–Crippen LogP) is 0.948. The van der Waals surface area contributed by atoms with Crippen LogP contribution >= 0.6 is 0 Å². The molecule has 0 fully saturated rings. The van der Waals surface area contributed by atoms with Gasteiger partial charge in [0.1, 0.15) is 12.2 Å². The molecule has 92 valence electrons. The second-order valence-electron chi connectivity index (χ2n) is 4.94. The lowest BCUT2D eigenvalue weighted by Crippen LogP contribution is -2.37. The maximum absolute atomic E-state index is 9.54. The Morgan fingerprint density at radius 3 is 1.87 bits per heavy atom. The van der Waals surface area contributed by atoms with Gasteiger partial charge in [0.05, 0.1) is 24.9 Å². The molecule has 0 aromatic heterocycles. The highest BCUT2D eigenvalue weighted by Crippen LogP contribution is 2.08. The second kappa shape index (κ2) is 6.43. The van der Waals surface area contributed by atoms with E-state index in [0.29, 0.717) is 0 Å². The van der Waals surface area contributed by atoms with Crippen molar-refractivity contribution >= 4 is 0 Å². The van der Waals surface area contributed by atoms with Crippen LogP contribution in [0.25, 0.3) is 0 Å². The van der Waals surface area contributed by atoms with Crippen molar-refractivity contribution in [3.05, 3.63) is 0 Å². The van der Waals surface area contributed by atoms with Crippen molar-refractivity contribution in [1.82, 2.24) is 0 Å². The lowest BCUT2D eigenvalue weighted by molar-refractivity contribution is -0.107. The maximum atomic E-state index is 9.54. The molecular formula is C11H24O4. The fourth-order valence-electron chi connectivity index (χ4n) is 0.849. The third kappa shape index (κ3) is 8.81. The molecule has 4 heteroatoms. The number of hydrogen-bond acceptors (Lipinski definition) is 4. The molecule has 0 aromatic rings. The van der Waals surface area contributed by atoms with Gasteiger partial charge in [-0.2, -0.15) is 0 Å². The molecule has 15 heavy (non-hydrogen) atoms. The minimum atomic E-state index is -0.900. The van der Waals surface area contributed by atoms with Crippen LogP contribution in [0.1, 0.15) is 34.6 Å². The lowest BCUT2D eigenvalue weighted by Gasteiger charge is -2.24. The third-order valence-corrected chi connectivity index (χ3v) is 1.73. The largest absolute Gasteiger partial charge is 0.388 e. The van der Waals surface area contributed by atoms with Crippen LogP contribution in [0.15, 0.2) is 0 Å². The average Bonchev–Trinajstić information content (AvgIpc) is 2.08. The Kier molecular flexibility index (Phi) is 6.36. The Balaban J connectivity index is 3.74. The molecule has 0 rings (SSSR count). The molecule has 0 spiro atoms. The van der Waals surface area contributed by atoms with Crippen molar-refractivity contribution in [3.63, 3.8) is 0 Å². The van der Waals surface area contributed by atoms with Crippen molar-refractivity contribution < 1.29 is 19.7 Å². The van der Waals surface area contributed by atoms with Gasteiger partial charge in [0.15, 0.2) is 0 Å². The summed E-state index contributed by atoms with van der Waals surface area (Å²) in [6.45, 7) is 9.71. The summed E-state index contributed by atoms with van der Waals surface area (Å²) in [4.78, 5) is 0. The molecule has 0 radical (unpaired) electrons. The number of aliphatic hydroxyl groups is 2. The van der Waals surface area contributed by atoms with Gasteiger partial charge in [0.2, 0.25) is 0 Å². The SMILES string of the molecule is CC(C)OCC(O)C(O)COC(C)(C)C. The molecule has 2 unspecified atom stereocenters. The van der Waals surface area contributed by atoms with Crippen molar-refractivity contribution in [2.24, 2.45) is 0 Å². The zero-order valence-electron chi connectivity index (χ0n) is 10.4. The minimum absolute atomic E-state index is 0.0513. The van der Waals surface area contributed by atoms with E-state index in [-0.39, 0.29) is 24.9 Å². The van der Waals surface area contributed by atoms with Gasteiger partial charge < -0.3 is 19.7 Å². The van der Waals surface area contributed by atoms with E-state index >= 15 is 0 Å². The van der Waals surface area contributed by atoms with Gasteiger partial charge in [-0.3, -0.25) is 0 Å². The van der Waals surface area contributed by atoms with Gasteiger partial charge in [-0.25, -0.2) is 0 Å². The predicted molar refractivity (Wildman–Crippen MR) is 58.8 cm³/mol. The van der Waals surface area contributed by atoms with Crippen LogP contribution in [0.4, 0.5) is 0 Å². The zero-order chi connectivity index (χ0) is 12.1. The summed E-state index contributed by atoms with van der Waals surface area (Å²) in [7, 11) is 0. The number of rotatable bonds is 6. The first-order valence-electron chi connectivity index (χ1n) is 5.34. The van der Waals surface area contributed by atoms with Crippen LogP contribution in [0.2, 0.25) is 0 Å². The highest BCUT2D eigenvalue weighted by Gasteiger charge is 2.20. The summed E-state index contributed by atoms with van der Waals surface area (Å²) < 4.78 is 10.5. The van der Waals surface area contributed by atoms with Gasteiger partial charge in [0, 0.05) is 0 Å². The molecule has 0 aliphatic rings. The first-order valence-corrected chi connectivity index (χ1v) is 5.34. The van der Waals surface area contributed by atoms with E-state index in [2.05, 4.69) is 0 Å². The molecule has 2 N–H and O–H groups in total. The molecular weight excluding hydrogens is 196 g/mol. The Hall–Kier alpha value is -0.160. The molecule has 0 saturated heterocycles. The van der Waals surface area contributed by atoms with Crippen LogP contribution in [0.3, 0.4) is 0 Å². The summed E-state index contributed by atoms with van der Waals surface area (Å²) in [5.41, 5.74) is -0.306. The number of aliphatic hydroxyl groups excluding tert-OH is 2. The van der Waals surface area contributed by atoms with Gasteiger partial charge >= 0.3 is 0 Å². The molecule has 0 saturated carbocycles. The standard InChI is InChI=1S/C11H24O4/c1-8(2)14-6-9(12)10(13)7-15-11(3,4)5/h8-10,12-13H,6-7H2,1-5H3. The van der Waals surface area contributed by atoms with Crippen molar-refractivity contribution in [1.29, 1.82) is 0 Å². The second-order valence-corrected chi connectivity index (χ2v) is 4.94. The first-order chi connectivity index (χ1) is 6.72. The van der Waals surface area contributed by atoms with E-state index in [9.17, 15) is 10.2 Å². The van der Waals surface area contributed by atoms with Gasteiger partial charge in [0.25, 0.3) is 0 Å². The summed E-state index contributed by atoms with van der Waals surface area (Å²) >= 11 is 0. The molecule has 0 aliphatic carbocycles. The van der Waals surface area contributed by atoms with Crippen LogP contribution in [-0.2, 0) is 9.47 Å². The van der Waals surface area contributed by atoms with Crippen LogP contribution in [0, 0.1) is 0 Å². The summed E-state index contributed by atoms with van der Waals surface area (Å²) in [6.07, 6.45) is -1.74. The van der Waals surface area contributed by atoms with E-state index in [1.807, 2.05) is 34.6 Å². The van der Waals surface area contributed by atoms with E-state index in [4.69, 9.17) is 9.47 Å². The fraction of sp³-hybridized carbons (Fsp3) is 1.00. The lowest BCUT2D eigenvalue weighted by atomic mass is 10.2. The highest BCUT2D eigenvalue weighted by molar-refractivity contribution is 4.69. The molecule has 0 amide bonds. The van der Waals surface area contributed by atoms with Crippen molar-refractivity contribution in [3.8, 4) is 0 Å². The highest BCUT2D eigenvalue weighted by atomic mass is 16.5. The van der Waals surface area contributed by atoms with Gasteiger partial charge in [-0.1, -0.05) is 0 Å². The smallest absolute Gasteiger partial charge is 0.105 e. The Morgan fingerprint density at radius 1 is 1.00 bits per heavy atom. The Morgan fingerprint density at radius 2 is 1.47 bits per heavy atom. The first kappa shape index (κ1) is 14.8. The summed E-state index contributed by atoms with van der Waals surface area (Å²) in [6, 6.07) is 0. The molecule has 4 nitrogen and oxygen atoms in total. The Bertz CT molecular complexity index is 162. The Labute approximate surface area is 92.2 Å². The fourth-order valence-corrected chi connectivity index (χ4v) is 0.849. The molecule has 0 aromatic carbocycles. The quantitative estimate of drug-likeness (QED) is 0.699. The minimum Gasteiger partial charge on any atom is -0.388 e. The van der Waals surface area contributed by atoms with Crippen LogP contribution in [0.5, 0.6) is 0 Å². The molecule has 0 aliphatic heterocycles. The van der Waals surface area contributed by atoms with E-state index in [0.717, 1.165) is 0 Å². The third-order valence-electron chi connectivity index (χ3n) is 1.73. The van der Waals surface area contributed by atoms with E-state index in [1.165, 1.54) is 0 Å². The number of ether oxygens (including phenoxy) is 2. The van der Waals surface area contributed by atoms with Gasteiger partial charge in [-0.15, -0.1) is 0 Å². The monoisotopic (exact) mass is 220 g/mol. The zero-order valence-corrected chi connectivity index (χ0v) is 10.4. The van der Waals surface area contributed by atoms with Crippen LogP contribution < -0.4 is 0 Å². The van der Waals surface area contributed by atoms with E-state index in [1.54, 1.807) is 0 Å². The van der Waals surface area contributed by atoms with Crippen LogP contribution in [-0.4, -0.2) is 47.3 Å². The normalized spacial score (nSPS) is 16.8.